The van der Waals surface area contributed by atoms with E-state index in [1.165, 1.54) is 5.56 Å². The predicted octanol–water partition coefficient (Wildman–Crippen LogP) is 2.24. The first-order valence-electron chi connectivity index (χ1n) is 4.89. The van der Waals surface area contributed by atoms with Crippen molar-refractivity contribution < 1.29 is 9.53 Å². The first-order chi connectivity index (χ1) is 6.95. The zero-order chi connectivity index (χ0) is 11.5. The van der Waals surface area contributed by atoms with Crippen LogP contribution in [0.5, 0.6) is 0 Å². The number of anilines is 1. The highest BCUT2D eigenvalue weighted by atomic mass is 16.5. The van der Waals surface area contributed by atoms with Crippen molar-refractivity contribution in [3.05, 3.63) is 29.3 Å². The van der Waals surface area contributed by atoms with Gasteiger partial charge in [0.05, 0.1) is 0 Å². The smallest absolute Gasteiger partial charge is 0.293 e. The van der Waals surface area contributed by atoms with Crippen LogP contribution in [0, 0.1) is 0 Å². The number of ether oxygens (including phenoxy) is 1. The Morgan fingerprint density at radius 2 is 2.07 bits per heavy atom. The van der Waals surface area contributed by atoms with Gasteiger partial charge in [0.25, 0.3) is 6.47 Å². The van der Waals surface area contributed by atoms with Crippen LogP contribution in [0.4, 0.5) is 5.69 Å². The molecule has 1 rings (SSSR count). The Morgan fingerprint density at radius 3 is 2.53 bits per heavy atom. The van der Waals surface area contributed by atoms with E-state index in [-0.39, 0.29) is 12.0 Å². The van der Waals surface area contributed by atoms with Gasteiger partial charge in [0, 0.05) is 11.3 Å². The highest BCUT2D eigenvalue weighted by Gasteiger charge is 2.14. The Kier molecular flexibility index (Phi) is 3.35. The van der Waals surface area contributed by atoms with Gasteiger partial charge in [-0.2, -0.15) is 0 Å². The molecule has 0 saturated carbocycles. The average molecular weight is 207 g/mol. The minimum atomic E-state index is 0.0815. The standard InChI is InChI=1S/C12H17NO2/c1-12(2,3)10-5-4-9(7-15-8-14)11(13)6-10/h4-6,8H,7,13H2,1-3H3. The van der Waals surface area contributed by atoms with E-state index < -0.39 is 0 Å². The van der Waals surface area contributed by atoms with Gasteiger partial charge in [-0.05, 0) is 17.0 Å². The van der Waals surface area contributed by atoms with Gasteiger partial charge >= 0.3 is 0 Å². The lowest BCUT2D eigenvalue weighted by molar-refractivity contribution is -0.129. The van der Waals surface area contributed by atoms with Gasteiger partial charge in [-0.25, -0.2) is 0 Å². The molecule has 0 unspecified atom stereocenters. The molecule has 82 valence electrons. The van der Waals surface area contributed by atoms with Crippen molar-refractivity contribution in [1.29, 1.82) is 0 Å². The molecular formula is C12H17NO2. The van der Waals surface area contributed by atoms with E-state index in [2.05, 4.69) is 25.5 Å². The van der Waals surface area contributed by atoms with Gasteiger partial charge in [0.2, 0.25) is 0 Å². The lowest BCUT2D eigenvalue weighted by Crippen LogP contribution is -2.12. The molecule has 1 aromatic rings. The van der Waals surface area contributed by atoms with E-state index in [0.717, 1.165) is 5.56 Å². The van der Waals surface area contributed by atoms with Gasteiger partial charge in [0.15, 0.2) is 0 Å². The maximum atomic E-state index is 10.1. The first kappa shape index (κ1) is 11.6. The van der Waals surface area contributed by atoms with E-state index in [0.29, 0.717) is 12.2 Å². The fraction of sp³-hybridized carbons (Fsp3) is 0.417. The molecule has 3 nitrogen and oxygen atoms in total. The molecule has 0 bridgehead atoms. The molecule has 3 heteroatoms. The summed E-state index contributed by atoms with van der Waals surface area (Å²) in [4.78, 5) is 10.1. The largest absolute Gasteiger partial charge is 0.463 e. The number of hydrogen-bond donors (Lipinski definition) is 1. The molecule has 0 aromatic heterocycles. The fourth-order valence-electron chi connectivity index (χ4n) is 1.32. The third kappa shape index (κ3) is 2.98. The van der Waals surface area contributed by atoms with Crippen LogP contribution >= 0.6 is 0 Å². The van der Waals surface area contributed by atoms with Crippen molar-refractivity contribution in [2.24, 2.45) is 0 Å². The van der Waals surface area contributed by atoms with Crippen molar-refractivity contribution in [2.45, 2.75) is 32.8 Å². The topological polar surface area (TPSA) is 52.3 Å². The number of nitrogen functional groups attached to an aromatic ring is 1. The van der Waals surface area contributed by atoms with Gasteiger partial charge in [0.1, 0.15) is 6.61 Å². The van der Waals surface area contributed by atoms with Gasteiger partial charge in [-0.15, -0.1) is 0 Å². The molecule has 0 radical (unpaired) electrons. The number of hydrogen-bond acceptors (Lipinski definition) is 3. The molecule has 0 fully saturated rings. The Balaban J connectivity index is 2.93. The number of nitrogens with two attached hydrogens (primary N) is 1. The minimum Gasteiger partial charge on any atom is -0.463 e. The maximum absolute atomic E-state index is 10.1. The van der Waals surface area contributed by atoms with Crippen molar-refractivity contribution in [1.82, 2.24) is 0 Å². The van der Waals surface area contributed by atoms with Crippen LogP contribution in [-0.2, 0) is 21.6 Å². The zero-order valence-electron chi connectivity index (χ0n) is 9.41. The zero-order valence-corrected chi connectivity index (χ0v) is 9.41. The molecule has 15 heavy (non-hydrogen) atoms. The third-order valence-electron chi connectivity index (χ3n) is 2.32. The molecule has 2 N–H and O–H groups in total. The van der Waals surface area contributed by atoms with Crippen molar-refractivity contribution in [3.63, 3.8) is 0 Å². The van der Waals surface area contributed by atoms with Crippen LogP contribution in [0.15, 0.2) is 18.2 Å². The van der Waals surface area contributed by atoms with E-state index in [4.69, 9.17) is 5.73 Å². The van der Waals surface area contributed by atoms with Crippen molar-refractivity contribution in [2.75, 3.05) is 5.73 Å². The first-order valence-corrected chi connectivity index (χ1v) is 4.89. The predicted molar refractivity (Wildman–Crippen MR) is 60.4 cm³/mol. The molecule has 0 aliphatic carbocycles. The molecule has 0 atom stereocenters. The summed E-state index contributed by atoms with van der Waals surface area (Å²) in [7, 11) is 0. The number of carbonyl (C=O) groups excluding carboxylic acids is 1. The highest BCUT2D eigenvalue weighted by molar-refractivity contribution is 5.51. The van der Waals surface area contributed by atoms with Crippen LogP contribution in [0.3, 0.4) is 0 Å². The van der Waals surface area contributed by atoms with Crippen molar-refractivity contribution in [3.8, 4) is 0 Å². The summed E-state index contributed by atoms with van der Waals surface area (Å²) >= 11 is 0. The average Bonchev–Trinajstić information content (AvgIpc) is 2.14. The lowest BCUT2D eigenvalue weighted by Gasteiger charge is -2.20. The number of benzene rings is 1. The molecule has 0 spiro atoms. The summed E-state index contributed by atoms with van der Waals surface area (Å²) in [6, 6.07) is 5.85. The summed E-state index contributed by atoms with van der Waals surface area (Å²) < 4.78 is 4.67. The van der Waals surface area contributed by atoms with Gasteiger partial charge in [-0.1, -0.05) is 32.9 Å². The molecular weight excluding hydrogens is 190 g/mol. The van der Waals surface area contributed by atoms with Crippen LogP contribution in [0.2, 0.25) is 0 Å². The summed E-state index contributed by atoms with van der Waals surface area (Å²) in [6.45, 7) is 7.05. The van der Waals surface area contributed by atoms with E-state index >= 15 is 0 Å². The minimum absolute atomic E-state index is 0.0815. The number of carbonyl (C=O) groups is 1. The van der Waals surface area contributed by atoms with Crippen LogP contribution < -0.4 is 5.73 Å². The Bertz CT molecular complexity index is 353. The van der Waals surface area contributed by atoms with Gasteiger partial charge in [-0.3, -0.25) is 4.79 Å². The van der Waals surface area contributed by atoms with E-state index in [1.807, 2.05) is 18.2 Å². The van der Waals surface area contributed by atoms with E-state index in [9.17, 15) is 4.79 Å². The third-order valence-corrected chi connectivity index (χ3v) is 2.32. The second kappa shape index (κ2) is 4.34. The monoisotopic (exact) mass is 207 g/mol. The Hall–Kier alpha value is -1.51. The van der Waals surface area contributed by atoms with Crippen molar-refractivity contribution >= 4 is 12.2 Å². The maximum Gasteiger partial charge on any atom is 0.293 e. The Labute approximate surface area is 90.2 Å². The Morgan fingerprint density at radius 1 is 1.40 bits per heavy atom. The molecule has 0 aliphatic heterocycles. The molecule has 0 heterocycles. The normalized spacial score (nSPS) is 11.1. The molecule has 0 aliphatic rings. The second-order valence-corrected chi connectivity index (χ2v) is 4.57. The highest BCUT2D eigenvalue weighted by Crippen LogP contribution is 2.25. The summed E-state index contributed by atoms with van der Waals surface area (Å²) in [6.07, 6.45) is 0. The number of rotatable bonds is 3. The fourth-order valence-corrected chi connectivity index (χ4v) is 1.32. The quantitative estimate of drug-likeness (QED) is 0.611. The van der Waals surface area contributed by atoms with Gasteiger partial charge < -0.3 is 10.5 Å². The second-order valence-electron chi connectivity index (χ2n) is 4.57. The van der Waals surface area contributed by atoms with E-state index in [1.54, 1.807) is 0 Å². The lowest BCUT2D eigenvalue weighted by atomic mass is 9.86. The summed E-state index contributed by atoms with van der Waals surface area (Å²) in [5.74, 6) is 0. The molecule has 0 amide bonds. The molecule has 1 aromatic carbocycles. The van der Waals surface area contributed by atoms with Crippen LogP contribution in [-0.4, -0.2) is 6.47 Å². The van der Waals surface area contributed by atoms with Crippen LogP contribution in [0.25, 0.3) is 0 Å². The van der Waals surface area contributed by atoms with Crippen LogP contribution in [0.1, 0.15) is 31.9 Å². The summed E-state index contributed by atoms with van der Waals surface area (Å²) in [5.41, 5.74) is 8.63. The summed E-state index contributed by atoms with van der Waals surface area (Å²) in [5, 5.41) is 0. The SMILES string of the molecule is CC(C)(C)c1ccc(COC=O)c(N)c1. The molecule has 0 saturated heterocycles.